The van der Waals surface area contributed by atoms with Crippen molar-refractivity contribution in [3.8, 4) is 0 Å². The first-order valence-corrected chi connectivity index (χ1v) is 5.62. The zero-order valence-corrected chi connectivity index (χ0v) is 10.6. The second-order valence-corrected chi connectivity index (χ2v) is 5.64. The number of carboxylic acids is 1. The van der Waals surface area contributed by atoms with Crippen LogP contribution in [0.1, 0.15) is 53.9 Å². The number of carbonyl (C=O) groups is 1. The highest BCUT2D eigenvalue weighted by Crippen LogP contribution is 2.26. The minimum atomic E-state index is -0.807. The lowest BCUT2D eigenvalue weighted by atomic mass is 9.83. The molecule has 2 nitrogen and oxygen atoms in total. The van der Waals surface area contributed by atoms with Gasteiger partial charge in [-0.1, -0.05) is 33.8 Å². The van der Waals surface area contributed by atoms with Crippen LogP contribution in [0.5, 0.6) is 0 Å². The molecule has 2 heteroatoms. The Balaban J connectivity index is 3.87. The molecule has 1 N–H and O–H groups in total. The normalized spacial score (nSPS) is 15.1. The van der Waals surface area contributed by atoms with Gasteiger partial charge < -0.3 is 5.11 Å². The molecule has 1 unspecified atom stereocenters. The fourth-order valence-corrected chi connectivity index (χ4v) is 1.82. The van der Waals surface area contributed by atoms with Gasteiger partial charge >= 0.3 is 5.97 Å². The first-order chi connectivity index (χ1) is 6.72. The number of allylic oxidation sites excluding steroid dienone is 1. The summed E-state index contributed by atoms with van der Waals surface area (Å²) in [5, 5.41) is 8.67. The molecule has 0 spiro atoms. The summed E-state index contributed by atoms with van der Waals surface area (Å²) >= 11 is 0. The van der Waals surface area contributed by atoms with Crippen molar-refractivity contribution in [2.24, 2.45) is 11.3 Å². The van der Waals surface area contributed by atoms with Crippen LogP contribution < -0.4 is 0 Å². The highest BCUT2D eigenvalue weighted by Gasteiger charge is 2.14. The van der Waals surface area contributed by atoms with Gasteiger partial charge in [-0.05, 0) is 37.5 Å². The Hall–Kier alpha value is -0.790. The molecule has 0 aromatic carbocycles. The van der Waals surface area contributed by atoms with Crippen LogP contribution in [0.4, 0.5) is 0 Å². The van der Waals surface area contributed by atoms with Crippen molar-refractivity contribution < 1.29 is 9.90 Å². The average Bonchev–Trinajstić information content (AvgIpc) is 2.00. The maximum absolute atomic E-state index is 10.5. The van der Waals surface area contributed by atoms with Crippen molar-refractivity contribution in [1.82, 2.24) is 0 Å². The SMILES string of the molecule is CC(=CCCC(C)CC(C)(C)C)C(=O)O. The average molecular weight is 212 g/mol. The number of rotatable bonds is 5. The molecule has 0 aromatic heterocycles. The molecule has 0 fully saturated rings. The van der Waals surface area contributed by atoms with Crippen LogP contribution in [0.2, 0.25) is 0 Å². The summed E-state index contributed by atoms with van der Waals surface area (Å²) < 4.78 is 0. The van der Waals surface area contributed by atoms with Crippen molar-refractivity contribution in [2.45, 2.75) is 53.9 Å². The van der Waals surface area contributed by atoms with Crippen molar-refractivity contribution in [3.63, 3.8) is 0 Å². The van der Waals surface area contributed by atoms with E-state index >= 15 is 0 Å². The molecule has 0 bridgehead atoms. The smallest absolute Gasteiger partial charge is 0.330 e. The zero-order valence-electron chi connectivity index (χ0n) is 10.6. The molecule has 0 aliphatic rings. The molecular formula is C13H24O2. The summed E-state index contributed by atoms with van der Waals surface area (Å²) in [7, 11) is 0. The van der Waals surface area contributed by atoms with E-state index in [9.17, 15) is 4.79 Å². The van der Waals surface area contributed by atoms with E-state index in [2.05, 4.69) is 27.7 Å². The van der Waals surface area contributed by atoms with Crippen LogP contribution in [0.25, 0.3) is 0 Å². The second kappa shape index (κ2) is 5.94. The Bertz CT molecular complexity index is 233. The van der Waals surface area contributed by atoms with Crippen LogP contribution in [0.3, 0.4) is 0 Å². The standard InChI is InChI=1S/C13H24O2/c1-10(9-13(3,4)5)7-6-8-11(2)12(14)15/h8,10H,6-7,9H2,1-5H3,(H,14,15). The van der Waals surface area contributed by atoms with Gasteiger partial charge in [-0.25, -0.2) is 4.79 Å². The molecule has 0 aliphatic carbocycles. The third-order valence-corrected chi connectivity index (χ3v) is 2.41. The van der Waals surface area contributed by atoms with Gasteiger partial charge in [0.25, 0.3) is 0 Å². The Morgan fingerprint density at radius 2 is 1.93 bits per heavy atom. The van der Waals surface area contributed by atoms with E-state index in [1.165, 1.54) is 6.42 Å². The lowest BCUT2D eigenvalue weighted by Gasteiger charge is -2.22. The first kappa shape index (κ1) is 14.2. The summed E-state index contributed by atoms with van der Waals surface area (Å²) in [6.45, 7) is 10.6. The summed E-state index contributed by atoms with van der Waals surface area (Å²) in [4.78, 5) is 10.5. The summed E-state index contributed by atoms with van der Waals surface area (Å²) in [5.74, 6) is -0.152. The monoisotopic (exact) mass is 212 g/mol. The number of hydrogen-bond donors (Lipinski definition) is 1. The third-order valence-electron chi connectivity index (χ3n) is 2.41. The van der Waals surface area contributed by atoms with Gasteiger partial charge in [-0.3, -0.25) is 0 Å². The zero-order chi connectivity index (χ0) is 12.1. The van der Waals surface area contributed by atoms with Crippen molar-refractivity contribution in [2.75, 3.05) is 0 Å². The van der Waals surface area contributed by atoms with Crippen molar-refractivity contribution in [1.29, 1.82) is 0 Å². The first-order valence-electron chi connectivity index (χ1n) is 5.62. The molecule has 0 heterocycles. The Morgan fingerprint density at radius 1 is 1.40 bits per heavy atom. The van der Waals surface area contributed by atoms with E-state index in [1.54, 1.807) is 6.92 Å². The Morgan fingerprint density at radius 3 is 2.33 bits per heavy atom. The fraction of sp³-hybridized carbons (Fsp3) is 0.769. The van der Waals surface area contributed by atoms with E-state index in [1.807, 2.05) is 6.08 Å². The van der Waals surface area contributed by atoms with Gasteiger partial charge in [0.2, 0.25) is 0 Å². The summed E-state index contributed by atoms with van der Waals surface area (Å²) in [6.07, 6.45) is 4.95. The van der Waals surface area contributed by atoms with E-state index in [0.29, 0.717) is 16.9 Å². The Kier molecular flexibility index (Phi) is 5.63. The van der Waals surface area contributed by atoms with Crippen LogP contribution in [-0.4, -0.2) is 11.1 Å². The molecule has 0 radical (unpaired) electrons. The molecule has 0 aliphatic heterocycles. The quantitative estimate of drug-likeness (QED) is 0.702. The molecular weight excluding hydrogens is 188 g/mol. The number of carboxylic acid groups (broad SMARTS) is 1. The molecule has 15 heavy (non-hydrogen) atoms. The topological polar surface area (TPSA) is 37.3 Å². The molecule has 0 rings (SSSR count). The lowest BCUT2D eigenvalue weighted by molar-refractivity contribution is -0.132. The minimum Gasteiger partial charge on any atom is -0.478 e. The van der Waals surface area contributed by atoms with E-state index in [4.69, 9.17) is 5.11 Å². The number of aliphatic carboxylic acids is 1. The predicted octanol–water partition coefficient (Wildman–Crippen LogP) is 3.87. The van der Waals surface area contributed by atoms with Crippen LogP contribution in [0.15, 0.2) is 11.6 Å². The third kappa shape index (κ3) is 8.22. The molecule has 88 valence electrons. The van der Waals surface area contributed by atoms with E-state index in [0.717, 1.165) is 12.8 Å². The lowest BCUT2D eigenvalue weighted by Crippen LogP contribution is -2.10. The molecule has 0 saturated carbocycles. The van der Waals surface area contributed by atoms with Gasteiger partial charge in [-0.15, -0.1) is 0 Å². The summed E-state index contributed by atoms with van der Waals surface area (Å²) in [6, 6.07) is 0. The van der Waals surface area contributed by atoms with Gasteiger partial charge in [-0.2, -0.15) is 0 Å². The molecule has 0 aromatic rings. The van der Waals surface area contributed by atoms with Crippen LogP contribution in [0, 0.1) is 11.3 Å². The minimum absolute atomic E-state index is 0.366. The highest BCUT2D eigenvalue weighted by atomic mass is 16.4. The second-order valence-electron chi connectivity index (χ2n) is 5.64. The maximum atomic E-state index is 10.5. The molecule has 1 atom stereocenters. The molecule has 0 saturated heterocycles. The van der Waals surface area contributed by atoms with Gasteiger partial charge in [0.05, 0.1) is 0 Å². The van der Waals surface area contributed by atoms with E-state index < -0.39 is 5.97 Å². The largest absolute Gasteiger partial charge is 0.478 e. The van der Waals surface area contributed by atoms with Crippen molar-refractivity contribution in [3.05, 3.63) is 11.6 Å². The van der Waals surface area contributed by atoms with Gasteiger partial charge in [0.1, 0.15) is 0 Å². The molecule has 0 amide bonds. The predicted molar refractivity (Wildman–Crippen MR) is 63.9 cm³/mol. The summed E-state index contributed by atoms with van der Waals surface area (Å²) in [5.41, 5.74) is 0.822. The number of hydrogen-bond acceptors (Lipinski definition) is 1. The van der Waals surface area contributed by atoms with Crippen molar-refractivity contribution >= 4 is 5.97 Å². The van der Waals surface area contributed by atoms with E-state index in [-0.39, 0.29) is 0 Å². The van der Waals surface area contributed by atoms with Gasteiger partial charge in [0.15, 0.2) is 0 Å². The van der Waals surface area contributed by atoms with Crippen LogP contribution >= 0.6 is 0 Å². The highest BCUT2D eigenvalue weighted by molar-refractivity contribution is 5.85. The fourth-order valence-electron chi connectivity index (χ4n) is 1.82. The van der Waals surface area contributed by atoms with Crippen LogP contribution in [-0.2, 0) is 4.79 Å². The van der Waals surface area contributed by atoms with Gasteiger partial charge in [0, 0.05) is 5.57 Å². The Labute approximate surface area is 93.4 Å². The maximum Gasteiger partial charge on any atom is 0.330 e.